The minimum absolute atomic E-state index is 0. The van der Waals surface area contributed by atoms with E-state index in [1.54, 1.807) is 0 Å². The molecule has 154 valence electrons. The van der Waals surface area contributed by atoms with Crippen molar-refractivity contribution in [1.29, 1.82) is 0 Å². The number of aromatic carboxylic acids is 1. The smallest absolute Gasteiger partial charge is 0.345 e. The van der Waals surface area contributed by atoms with Crippen LogP contribution in [-0.4, -0.2) is 40.3 Å². The second kappa shape index (κ2) is 6.78. The number of carboxylic acid groups (broad SMARTS) is 1. The lowest BCUT2D eigenvalue weighted by atomic mass is 9.93. The van der Waals surface area contributed by atoms with Gasteiger partial charge in [-0.15, -0.1) is 12.4 Å². The SMILES string of the molecule is CC1CCc2cc(N3C[C@@H]4[C@@H](N)[C@@H]4C3)ccc2-c2[nH]c(=O)c(C(=O)O)c(O)c21.Cl. The molecule has 7 nitrogen and oxygen atoms in total. The van der Waals surface area contributed by atoms with Crippen LogP contribution in [0, 0.1) is 11.8 Å². The molecule has 2 heterocycles. The Bertz CT molecular complexity index is 1050. The van der Waals surface area contributed by atoms with E-state index in [-0.39, 0.29) is 18.3 Å². The van der Waals surface area contributed by atoms with Crippen LogP contribution in [0.15, 0.2) is 23.0 Å². The maximum atomic E-state index is 12.3. The van der Waals surface area contributed by atoms with Crippen molar-refractivity contribution in [2.24, 2.45) is 17.6 Å². The number of benzene rings is 1. The van der Waals surface area contributed by atoms with Crippen molar-refractivity contribution in [3.63, 3.8) is 0 Å². The zero-order chi connectivity index (χ0) is 19.7. The summed E-state index contributed by atoms with van der Waals surface area (Å²) in [5.74, 6) is -0.702. The average Bonchev–Trinajstić information content (AvgIpc) is 3.08. The molecule has 8 heteroatoms. The Morgan fingerprint density at radius 1 is 1.28 bits per heavy atom. The Balaban J connectivity index is 0.00000205. The number of nitrogens with zero attached hydrogens (tertiary/aromatic N) is 1. The summed E-state index contributed by atoms with van der Waals surface area (Å²) in [7, 11) is 0. The van der Waals surface area contributed by atoms with Gasteiger partial charge in [-0.3, -0.25) is 4.79 Å². The molecule has 0 bridgehead atoms. The number of carbonyl (C=O) groups is 1. The minimum atomic E-state index is -1.42. The second-order valence-corrected chi connectivity index (χ2v) is 8.36. The van der Waals surface area contributed by atoms with Gasteiger partial charge in [0.15, 0.2) is 5.56 Å². The molecule has 5 N–H and O–H groups in total. The van der Waals surface area contributed by atoms with Gasteiger partial charge in [0, 0.05) is 35.9 Å². The lowest BCUT2D eigenvalue weighted by Crippen LogP contribution is -2.28. The number of fused-ring (bicyclic) bond motifs is 4. The number of aromatic nitrogens is 1. The highest BCUT2D eigenvalue weighted by Crippen LogP contribution is 2.47. The largest absolute Gasteiger partial charge is 0.506 e. The fraction of sp³-hybridized carbons (Fsp3) is 0.429. The van der Waals surface area contributed by atoms with Gasteiger partial charge in [0.2, 0.25) is 0 Å². The molecule has 1 aromatic heterocycles. The van der Waals surface area contributed by atoms with Gasteiger partial charge in [0.1, 0.15) is 5.75 Å². The van der Waals surface area contributed by atoms with Crippen molar-refractivity contribution in [1.82, 2.24) is 4.98 Å². The fourth-order valence-corrected chi connectivity index (χ4v) is 5.02. The maximum absolute atomic E-state index is 12.3. The Labute approximate surface area is 174 Å². The van der Waals surface area contributed by atoms with Crippen LogP contribution in [0.1, 0.15) is 40.7 Å². The van der Waals surface area contributed by atoms with Crippen molar-refractivity contribution >= 4 is 24.1 Å². The van der Waals surface area contributed by atoms with Crippen molar-refractivity contribution < 1.29 is 15.0 Å². The van der Waals surface area contributed by atoms with E-state index in [2.05, 4.69) is 16.0 Å². The summed E-state index contributed by atoms with van der Waals surface area (Å²) >= 11 is 0. The van der Waals surface area contributed by atoms with E-state index < -0.39 is 22.8 Å². The highest BCUT2D eigenvalue weighted by atomic mass is 35.5. The molecule has 0 radical (unpaired) electrons. The van der Waals surface area contributed by atoms with Gasteiger partial charge in [-0.05, 0) is 48.3 Å². The van der Waals surface area contributed by atoms with Gasteiger partial charge in [-0.1, -0.05) is 13.0 Å². The second-order valence-electron chi connectivity index (χ2n) is 8.36. The van der Waals surface area contributed by atoms with E-state index in [9.17, 15) is 19.8 Å². The Hall–Kier alpha value is -2.51. The highest BCUT2D eigenvalue weighted by Gasteiger charge is 2.53. The molecule has 29 heavy (non-hydrogen) atoms. The summed E-state index contributed by atoms with van der Waals surface area (Å²) in [6.07, 6.45) is 1.56. The van der Waals surface area contributed by atoms with E-state index in [0.29, 0.717) is 29.1 Å². The summed E-state index contributed by atoms with van der Waals surface area (Å²) in [5.41, 5.74) is 8.84. The van der Waals surface area contributed by atoms with Gasteiger partial charge >= 0.3 is 5.97 Å². The third-order valence-corrected chi connectivity index (χ3v) is 6.76. The molecule has 5 rings (SSSR count). The van der Waals surface area contributed by atoms with Gasteiger partial charge in [-0.25, -0.2) is 4.79 Å². The number of pyridine rings is 1. The van der Waals surface area contributed by atoms with Crippen molar-refractivity contribution in [2.75, 3.05) is 18.0 Å². The lowest BCUT2D eigenvalue weighted by Gasteiger charge is -2.23. The summed E-state index contributed by atoms with van der Waals surface area (Å²) in [6, 6.07) is 6.52. The third-order valence-electron chi connectivity index (χ3n) is 6.76. The number of hydrogen-bond donors (Lipinski definition) is 4. The molecule has 1 saturated carbocycles. The first-order chi connectivity index (χ1) is 13.4. The number of aromatic amines is 1. The number of H-pyrrole nitrogens is 1. The van der Waals surface area contributed by atoms with Crippen molar-refractivity contribution in [3.05, 3.63) is 45.2 Å². The van der Waals surface area contributed by atoms with Gasteiger partial charge in [0.25, 0.3) is 5.56 Å². The lowest BCUT2D eigenvalue weighted by molar-refractivity contribution is 0.0691. The molecule has 0 spiro atoms. The van der Waals surface area contributed by atoms with Crippen LogP contribution in [0.4, 0.5) is 5.69 Å². The number of rotatable bonds is 2. The fourth-order valence-electron chi connectivity index (χ4n) is 5.02. The van der Waals surface area contributed by atoms with Gasteiger partial charge < -0.3 is 25.8 Å². The van der Waals surface area contributed by atoms with Crippen LogP contribution >= 0.6 is 12.4 Å². The summed E-state index contributed by atoms with van der Waals surface area (Å²) < 4.78 is 0. The number of aryl methyl sites for hydroxylation is 1. The Morgan fingerprint density at radius 3 is 2.62 bits per heavy atom. The number of nitrogens with two attached hydrogens (primary N) is 1. The molecule has 2 aliphatic carbocycles. The molecule has 1 aromatic carbocycles. The van der Waals surface area contributed by atoms with Gasteiger partial charge in [0.05, 0.1) is 5.69 Å². The molecular weight excluding hydrogens is 394 g/mol. The molecule has 1 aliphatic heterocycles. The first-order valence-electron chi connectivity index (χ1n) is 9.73. The quantitative estimate of drug-likeness (QED) is 0.595. The monoisotopic (exact) mass is 417 g/mol. The zero-order valence-corrected chi connectivity index (χ0v) is 16.8. The van der Waals surface area contributed by atoms with Crippen molar-refractivity contribution in [3.8, 4) is 17.0 Å². The number of halogens is 1. The molecule has 2 aromatic rings. The average molecular weight is 418 g/mol. The van der Waals surface area contributed by atoms with Crippen LogP contribution in [0.2, 0.25) is 0 Å². The molecule has 4 atom stereocenters. The highest BCUT2D eigenvalue weighted by molar-refractivity contribution is 5.92. The minimum Gasteiger partial charge on any atom is -0.506 e. The summed E-state index contributed by atoms with van der Waals surface area (Å²) in [4.78, 5) is 28.8. The van der Waals surface area contributed by atoms with Gasteiger partial charge in [-0.2, -0.15) is 0 Å². The number of nitrogens with one attached hydrogen (secondary N) is 1. The number of anilines is 1. The Kier molecular flexibility index (Phi) is 4.63. The first-order valence-corrected chi connectivity index (χ1v) is 9.73. The van der Waals surface area contributed by atoms with Crippen LogP contribution in [0.5, 0.6) is 5.75 Å². The van der Waals surface area contributed by atoms with E-state index in [4.69, 9.17) is 5.73 Å². The van der Waals surface area contributed by atoms with E-state index >= 15 is 0 Å². The van der Waals surface area contributed by atoms with Crippen LogP contribution < -0.4 is 16.2 Å². The third kappa shape index (κ3) is 2.91. The van der Waals surface area contributed by atoms with E-state index in [0.717, 1.165) is 42.7 Å². The summed E-state index contributed by atoms with van der Waals surface area (Å²) in [6.45, 7) is 3.92. The standard InChI is InChI=1S/C21H23N3O4.ClH/c1-9-2-3-10-6-11(24-7-13-14(8-24)17(13)22)4-5-12(10)18-15(9)19(25)16(21(27)28)20(26)23-18;/h4-6,9,13-14,17H,2-3,7-8,22H2,1H3,(H,27,28)(H2,23,25,26);1H/t9?,13-,14+,17+;. The van der Waals surface area contributed by atoms with Crippen molar-refractivity contribution in [2.45, 2.75) is 31.7 Å². The number of hydrogen-bond acceptors (Lipinski definition) is 5. The topological polar surface area (TPSA) is 120 Å². The van der Waals surface area contributed by atoms with E-state index in [1.165, 1.54) is 0 Å². The summed E-state index contributed by atoms with van der Waals surface area (Å²) in [5, 5.41) is 19.9. The first kappa shape index (κ1) is 19.8. The molecule has 2 fully saturated rings. The molecular formula is C21H24ClN3O4. The number of aromatic hydroxyl groups is 1. The Morgan fingerprint density at radius 2 is 1.97 bits per heavy atom. The maximum Gasteiger partial charge on any atom is 0.345 e. The molecule has 0 amide bonds. The van der Waals surface area contributed by atoms with E-state index in [1.807, 2.05) is 19.1 Å². The van der Waals surface area contributed by atoms with Crippen LogP contribution in [0.25, 0.3) is 11.3 Å². The normalized spacial score (nSPS) is 26.6. The molecule has 1 saturated heterocycles. The number of piperidine rings is 1. The predicted octanol–water partition coefficient (Wildman–Crippen LogP) is 2.31. The molecule has 1 unspecified atom stereocenters. The zero-order valence-electron chi connectivity index (χ0n) is 16.0. The number of carboxylic acids is 1. The molecule has 3 aliphatic rings. The predicted molar refractivity (Wildman–Crippen MR) is 112 cm³/mol. The van der Waals surface area contributed by atoms with Crippen LogP contribution in [0.3, 0.4) is 0 Å². The van der Waals surface area contributed by atoms with Crippen LogP contribution in [-0.2, 0) is 6.42 Å².